The fraction of sp³-hybridized carbons (Fsp3) is 0.111. The van der Waals surface area contributed by atoms with E-state index in [1.54, 1.807) is 84.9 Å². The normalized spacial score (nSPS) is 14.0. The lowest BCUT2D eigenvalue weighted by molar-refractivity contribution is -0.459. The first kappa shape index (κ1) is 71.6. The van der Waals surface area contributed by atoms with Crippen molar-refractivity contribution in [3.05, 3.63) is 227 Å². The number of hydrogen-bond donors (Lipinski definition) is 4. The first-order chi connectivity index (χ1) is 49.8. The highest BCUT2D eigenvalue weighted by molar-refractivity contribution is 7.87. The SMILES string of the molecule is O=S(=O)(F)C(F)(F)C(F)(F)OC(F)(F)C(F)(F)c1c2nc(c(-c3ccccc3)c3ccc([nH]3)c(-c3c4nc(c(-c5ccccc5)c5ccc([nH]5)c(C(F)(F)C(F)(F)OC(F)(F)C(F)(F)S(=O)(=O)F)c5nc(c(-c6ccccc6)c6ccc3[nH]6)C=C5)C=C4)c3nc(c(-c4ccccc4)c4ccc1[nH]4)C=C3)C=C2. The predicted octanol–water partition coefficient (Wildman–Crippen LogP) is 20.3. The number of rotatable bonds is 17. The van der Waals surface area contributed by atoms with Crippen LogP contribution in [0.4, 0.5) is 78.0 Å². The monoisotopic (exact) mass is 1520 g/mol. The predicted molar refractivity (Wildman–Crippen MR) is 358 cm³/mol. The third-order valence-electron chi connectivity index (χ3n) is 17.2. The summed E-state index contributed by atoms with van der Waals surface area (Å²) in [7, 11) is -15.6. The van der Waals surface area contributed by atoms with Crippen LogP contribution < -0.4 is 0 Å². The van der Waals surface area contributed by atoms with E-state index in [4.69, 9.17) is 9.97 Å². The van der Waals surface area contributed by atoms with Crippen LogP contribution >= 0.6 is 0 Å². The summed E-state index contributed by atoms with van der Waals surface area (Å²) in [5.41, 5.74) is -7.56. The molecular formula is C72H40F18N8O6S2. The van der Waals surface area contributed by atoms with E-state index in [1.807, 2.05) is 0 Å². The zero-order valence-corrected chi connectivity index (χ0v) is 54.3. The Morgan fingerprint density at radius 3 is 0.698 bits per heavy atom. The highest BCUT2D eigenvalue weighted by Crippen LogP contribution is 2.55. The maximum atomic E-state index is 17.2. The lowest BCUT2D eigenvalue weighted by atomic mass is 10.0. The Morgan fingerprint density at radius 2 is 0.453 bits per heavy atom. The zero-order valence-electron chi connectivity index (χ0n) is 52.6. The van der Waals surface area contributed by atoms with Crippen molar-refractivity contribution in [3.63, 3.8) is 0 Å². The van der Waals surface area contributed by atoms with Crippen LogP contribution in [0.15, 0.2) is 170 Å². The zero-order chi connectivity index (χ0) is 75.7. The number of ether oxygens (including phenoxy) is 2. The Hall–Kier alpha value is -11.4. The molecule has 34 heteroatoms. The molecule has 0 radical (unpaired) electrons. The summed E-state index contributed by atoms with van der Waals surface area (Å²) in [4.78, 5) is 31.0. The molecule has 4 aromatic carbocycles. The maximum Gasteiger partial charge on any atom is 0.464 e. The molecule has 6 aromatic heterocycles. The number of nitrogens with zero attached hydrogens (tertiary/aromatic N) is 4. The Labute approximate surface area is 583 Å². The van der Waals surface area contributed by atoms with Crippen molar-refractivity contribution in [1.82, 2.24) is 39.9 Å². The summed E-state index contributed by atoms with van der Waals surface area (Å²) in [5.74, 6) is -12.4. The summed E-state index contributed by atoms with van der Waals surface area (Å²) >= 11 is 0. The van der Waals surface area contributed by atoms with Gasteiger partial charge in [0.25, 0.3) is 0 Å². The second-order valence-corrected chi connectivity index (χ2v) is 26.6. The molecule has 14 nitrogen and oxygen atoms in total. The molecule has 14 rings (SSSR count). The fourth-order valence-electron chi connectivity index (χ4n) is 12.4. The lowest BCUT2D eigenvalue weighted by Gasteiger charge is -2.31. The molecule has 4 aliphatic heterocycles. The van der Waals surface area contributed by atoms with Crippen molar-refractivity contribution in [2.45, 2.75) is 46.8 Å². The van der Waals surface area contributed by atoms with Gasteiger partial charge in [-0.3, -0.25) is 0 Å². The fourth-order valence-corrected chi connectivity index (χ4v) is 13.0. The van der Waals surface area contributed by atoms with Crippen LogP contribution in [0.3, 0.4) is 0 Å². The second kappa shape index (κ2) is 25.2. The molecule has 0 aliphatic carbocycles. The van der Waals surface area contributed by atoms with Gasteiger partial charge in [-0.15, -0.1) is 0 Å². The number of aromatic amines is 4. The molecule has 10 heterocycles. The molecule has 0 saturated carbocycles. The van der Waals surface area contributed by atoms with Crippen molar-refractivity contribution in [2.75, 3.05) is 0 Å². The van der Waals surface area contributed by atoms with Crippen LogP contribution in [0.25, 0.3) is 148 Å². The van der Waals surface area contributed by atoms with Gasteiger partial charge in [-0.25, -0.2) is 29.4 Å². The van der Waals surface area contributed by atoms with E-state index in [-0.39, 0.29) is 123 Å². The summed E-state index contributed by atoms with van der Waals surface area (Å²) in [6.07, 6.45) is -18.4. The Balaban J connectivity index is 1.11. The number of alkyl halides is 16. The van der Waals surface area contributed by atoms with Gasteiger partial charge in [0.05, 0.1) is 67.7 Å². The van der Waals surface area contributed by atoms with Gasteiger partial charge >= 0.3 is 67.2 Å². The van der Waals surface area contributed by atoms with Crippen molar-refractivity contribution >= 4 is 113 Å². The van der Waals surface area contributed by atoms with E-state index in [0.29, 0.717) is 0 Å². The summed E-state index contributed by atoms with van der Waals surface area (Å²) in [6.45, 7) is 0. The Morgan fingerprint density at radius 1 is 0.255 bits per heavy atom. The average molecular weight is 1520 g/mol. The Kier molecular flexibility index (Phi) is 17.0. The van der Waals surface area contributed by atoms with Gasteiger partial charge in [0.15, 0.2) is 0 Å². The molecule has 0 spiro atoms. The standard InChI is InChI=1S/C72H40F18N8O6S2/c73-65(74,67(77,78)103-69(81,82)71(85,86)105(89,99)100)63-53-33-29-45(95-53)57(37-13-5-1-6-14-37)41-21-25-49(91-41)61(50-26-22-42(92-50)58(38-15-7-2-8-16-38)46-30-34-54(63)96-46)62-51-27-23-43(93-51)59(39-17-9-3-10-18-39)47-31-35-55(97-47)64(66(75,76)68(79,80)104-70(83,84)72(87,88)106(90,101)102)56-36-32-48(98-56)60(40-19-11-4-12-20-40)44-24-28-52(62)94-44/h1-36,91,93,96,98H. The minimum absolute atomic E-state index is 0.00804. The molecule has 4 aliphatic rings. The molecule has 16 bridgehead atoms. The Bertz CT molecular complexity index is 5570. The molecule has 106 heavy (non-hydrogen) atoms. The van der Waals surface area contributed by atoms with E-state index in [9.17, 15) is 59.7 Å². The lowest BCUT2D eigenvalue weighted by Crippen LogP contribution is -2.54. The molecule has 0 fully saturated rings. The number of H-pyrrole nitrogens is 4. The third-order valence-corrected chi connectivity index (χ3v) is 18.9. The smallest absolute Gasteiger partial charge is 0.354 e. The van der Waals surface area contributed by atoms with Gasteiger partial charge < -0.3 is 19.9 Å². The molecule has 0 saturated heterocycles. The summed E-state index contributed by atoms with van der Waals surface area (Å²) < 4.78 is 328. The van der Waals surface area contributed by atoms with Crippen molar-refractivity contribution in [1.29, 1.82) is 0 Å². The second-order valence-electron chi connectivity index (χ2n) is 23.8. The molecule has 542 valence electrons. The summed E-state index contributed by atoms with van der Waals surface area (Å²) in [6, 6.07) is 40.7. The topological polar surface area (TPSA) is 201 Å². The number of aromatic nitrogens is 8. The molecular weight excluding hydrogens is 1480 g/mol. The van der Waals surface area contributed by atoms with E-state index in [0.717, 1.165) is 48.6 Å². The van der Waals surface area contributed by atoms with Crippen molar-refractivity contribution in [2.24, 2.45) is 0 Å². The van der Waals surface area contributed by atoms with E-state index in [2.05, 4.69) is 39.4 Å². The van der Waals surface area contributed by atoms with Crippen LogP contribution in [-0.4, -0.2) is 91.7 Å². The van der Waals surface area contributed by atoms with Crippen LogP contribution in [0, 0.1) is 0 Å². The number of hydrogen-bond acceptors (Lipinski definition) is 10. The van der Waals surface area contributed by atoms with Gasteiger partial charge in [0.1, 0.15) is 0 Å². The van der Waals surface area contributed by atoms with Crippen LogP contribution in [0.1, 0.15) is 56.7 Å². The average Bonchev–Trinajstić information content (AvgIpc) is 1.27. The number of benzene rings is 4. The maximum absolute atomic E-state index is 17.2. The first-order valence-corrected chi connectivity index (χ1v) is 33.5. The highest BCUT2D eigenvalue weighted by atomic mass is 32.3. The van der Waals surface area contributed by atoms with Gasteiger partial charge in [0.2, 0.25) is 0 Å². The van der Waals surface area contributed by atoms with Crippen molar-refractivity contribution < 1.29 is 104 Å². The van der Waals surface area contributed by atoms with E-state index < -0.39 is 101 Å². The molecule has 4 N–H and O–H groups in total. The van der Waals surface area contributed by atoms with E-state index >= 15 is 35.1 Å². The van der Waals surface area contributed by atoms with Crippen LogP contribution in [0.2, 0.25) is 0 Å². The van der Waals surface area contributed by atoms with Gasteiger partial charge in [0, 0.05) is 66.5 Å². The molecule has 0 unspecified atom stereocenters. The summed E-state index contributed by atoms with van der Waals surface area (Å²) in [5, 5.41) is -14.3. The molecule has 10 aromatic rings. The quantitative estimate of drug-likeness (QED) is 0.0502. The van der Waals surface area contributed by atoms with E-state index in [1.165, 1.54) is 85.0 Å². The van der Waals surface area contributed by atoms with Crippen LogP contribution in [-0.2, 0) is 41.8 Å². The minimum atomic E-state index is -7.82. The van der Waals surface area contributed by atoms with Gasteiger partial charge in [-0.1, -0.05) is 129 Å². The molecule has 0 amide bonds. The van der Waals surface area contributed by atoms with Crippen molar-refractivity contribution in [3.8, 4) is 55.6 Å². The number of nitrogens with one attached hydrogen (secondary N) is 4. The van der Waals surface area contributed by atoms with Crippen LogP contribution in [0.5, 0.6) is 0 Å². The first-order valence-electron chi connectivity index (χ1n) is 30.7. The third kappa shape index (κ3) is 12.0. The molecule has 0 atom stereocenters. The highest BCUT2D eigenvalue weighted by Gasteiger charge is 2.77. The number of halogens is 18. The van der Waals surface area contributed by atoms with Gasteiger partial charge in [-0.05, 0) is 119 Å². The van der Waals surface area contributed by atoms with Gasteiger partial charge in [-0.2, -0.15) is 87.1 Å². The minimum Gasteiger partial charge on any atom is -0.354 e. The number of fused-ring (bicyclic) bond motifs is 16. The largest absolute Gasteiger partial charge is 0.464 e.